The number of rotatable bonds is 5. The lowest BCUT2D eigenvalue weighted by Crippen LogP contribution is -2.52. The Morgan fingerprint density at radius 1 is 1.35 bits per heavy atom. The summed E-state index contributed by atoms with van der Waals surface area (Å²) < 4.78 is 0. The van der Waals surface area contributed by atoms with Gasteiger partial charge in [0.05, 0.1) is 18.1 Å². The zero-order valence-electron chi connectivity index (χ0n) is 12.0. The minimum absolute atomic E-state index is 0.00599. The van der Waals surface area contributed by atoms with Crippen LogP contribution in [0.4, 0.5) is 0 Å². The molecule has 0 aliphatic heterocycles. The molecule has 1 amide bonds. The van der Waals surface area contributed by atoms with Crippen molar-refractivity contribution in [2.75, 3.05) is 6.61 Å². The molecule has 1 aromatic carbocycles. The topological polar surface area (TPSA) is 75.3 Å². The van der Waals surface area contributed by atoms with Gasteiger partial charge in [-0.15, -0.1) is 0 Å². The van der Waals surface area contributed by atoms with Gasteiger partial charge >= 0.3 is 0 Å². The van der Waals surface area contributed by atoms with E-state index in [9.17, 15) is 9.90 Å². The van der Waals surface area contributed by atoms with Crippen LogP contribution in [-0.2, 0) is 4.79 Å². The second-order valence-electron chi connectivity index (χ2n) is 5.86. The molecule has 0 heterocycles. The first kappa shape index (κ1) is 15.0. The largest absolute Gasteiger partial charge is 0.394 e. The van der Waals surface area contributed by atoms with Crippen molar-refractivity contribution in [3.05, 3.63) is 35.9 Å². The fraction of sp³-hybridized carbons (Fsp3) is 0.562. The number of aliphatic hydroxyl groups is 1. The Balaban J connectivity index is 2.01. The second kappa shape index (κ2) is 6.37. The lowest BCUT2D eigenvalue weighted by atomic mass is 9.92. The van der Waals surface area contributed by atoms with Crippen LogP contribution in [0.15, 0.2) is 30.3 Å². The van der Waals surface area contributed by atoms with Crippen molar-refractivity contribution in [2.45, 2.75) is 44.2 Å². The van der Waals surface area contributed by atoms with Gasteiger partial charge in [0.1, 0.15) is 0 Å². The van der Waals surface area contributed by atoms with Crippen LogP contribution in [0.3, 0.4) is 0 Å². The lowest BCUT2D eigenvalue weighted by Gasteiger charge is -2.31. The molecule has 0 spiro atoms. The molecule has 1 aromatic rings. The van der Waals surface area contributed by atoms with Crippen LogP contribution in [0.2, 0.25) is 0 Å². The number of nitrogens with one attached hydrogen (secondary N) is 1. The molecule has 1 aliphatic rings. The van der Waals surface area contributed by atoms with Crippen molar-refractivity contribution in [1.29, 1.82) is 0 Å². The Hall–Kier alpha value is -1.39. The molecule has 2 unspecified atom stereocenters. The van der Waals surface area contributed by atoms with Crippen LogP contribution in [0, 0.1) is 5.92 Å². The van der Waals surface area contributed by atoms with Crippen LogP contribution < -0.4 is 11.1 Å². The molecule has 20 heavy (non-hydrogen) atoms. The van der Waals surface area contributed by atoms with E-state index in [-0.39, 0.29) is 24.5 Å². The molecule has 0 aromatic heterocycles. The van der Waals surface area contributed by atoms with E-state index >= 15 is 0 Å². The number of amides is 1. The fourth-order valence-electron chi connectivity index (χ4n) is 2.88. The molecule has 0 saturated heterocycles. The van der Waals surface area contributed by atoms with E-state index in [1.807, 2.05) is 37.3 Å². The van der Waals surface area contributed by atoms with E-state index < -0.39 is 5.54 Å². The highest BCUT2D eigenvalue weighted by atomic mass is 16.3. The highest BCUT2D eigenvalue weighted by molar-refractivity contribution is 5.80. The predicted octanol–water partition coefficient (Wildman–Crippen LogP) is 1.74. The first-order valence-electron chi connectivity index (χ1n) is 7.31. The number of nitrogens with two attached hydrogens (primary N) is 1. The van der Waals surface area contributed by atoms with Crippen LogP contribution in [0.1, 0.15) is 44.2 Å². The summed E-state index contributed by atoms with van der Waals surface area (Å²) in [7, 11) is 0. The molecule has 4 nitrogen and oxygen atoms in total. The Morgan fingerprint density at radius 3 is 2.50 bits per heavy atom. The Bertz CT molecular complexity index is 441. The smallest absolute Gasteiger partial charge is 0.225 e. The first-order chi connectivity index (χ1) is 9.58. The minimum Gasteiger partial charge on any atom is -0.394 e. The van der Waals surface area contributed by atoms with E-state index in [0.29, 0.717) is 0 Å². The highest BCUT2D eigenvalue weighted by Gasteiger charge is 2.36. The molecule has 1 aliphatic carbocycles. The molecule has 2 atom stereocenters. The normalized spacial score (nSPS) is 20.4. The van der Waals surface area contributed by atoms with Gasteiger partial charge in [-0.05, 0) is 18.4 Å². The van der Waals surface area contributed by atoms with Crippen LogP contribution in [-0.4, -0.2) is 23.2 Å². The highest BCUT2D eigenvalue weighted by Crippen LogP contribution is 2.30. The maximum Gasteiger partial charge on any atom is 0.225 e. The number of carbonyl (C=O) groups excluding carboxylic acids is 1. The van der Waals surface area contributed by atoms with Crippen LogP contribution in [0.25, 0.3) is 0 Å². The van der Waals surface area contributed by atoms with E-state index in [1.165, 1.54) is 0 Å². The van der Waals surface area contributed by atoms with Gasteiger partial charge < -0.3 is 16.2 Å². The molecule has 1 saturated carbocycles. The predicted molar refractivity (Wildman–Crippen MR) is 79.0 cm³/mol. The summed E-state index contributed by atoms with van der Waals surface area (Å²) in [6.07, 6.45) is 3.81. The van der Waals surface area contributed by atoms with Gasteiger partial charge in [-0.2, -0.15) is 0 Å². The molecule has 0 radical (unpaired) electrons. The number of hydrogen-bond donors (Lipinski definition) is 3. The summed E-state index contributed by atoms with van der Waals surface area (Å²) in [5, 5.41) is 12.6. The zero-order chi connectivity index (χ0) is 14.6. The van der Waals surface area contributed by atoms with Crippen molar-refractivity contribution in [3.63, 3.8) is 0 Å². The number of hydrogen-bond acceptors (Lipinski definition) is 3. The van der Waals surface area contributed by atoms with Crippen LogP contribution in [0.5, 0.6) is 0 Å². The summed E-state index contributed by atoms with van der Waals surface area (Å²) in [4.78, 5) is 12.4. The van der Waals surface area contributed by atoms with Crippen molar-refractivity contribution >= 4 is 5.91 Å². The number of carbonyl (C=O) groups is 1. The Labute approximate surface area is 120 Å². The van der Waals surface area contributed by atoms with E-state index in [2.05, 4.69) is 5.32 Å². The molecule has 4 N–H and O–H groups in total. The van der Waals surface area contributed by atoms with Crippen molar-refractivity contribution in [2.24, 2.45) is 11.7 Å². The zero-order valence-corrected chi connectivity index (χ0v) is 12.0. The molecule has 2 rings (SSSR count). The average Bonchev–Trinajstić information content (AvgIpc) is 2.95. The summed E-state index contributed by atoms with van der Waals surface area (Å²) in [5.41, 5.74) is 6.70. The SMILES string of the molecule is CC(C(=O)NC1(CO)CCCC1)C(N)c1ccccc1. The third-order valence-corrected chi connectivity index (χ3v) is 4.39. The van der Waals surface area contributed by atoms with Gasteiger partial charge in [0, 0.05) is 6.04 Å². The lowest BCUT2D eigenvalue weighted by molar-refractivity contribution is -0.127. The summed E-state index contributed by atoms with van der Waals surface area (Å²) in [5.74, 6) is -0.390. The standard InChI is InChI=1S/C16H24N2O2/c1-12(14(17)13-7-3-2-4-8-13)15(20)18-16(11-19)9-5-6-10-16/h2-4,7-8,12,14,19H,5-6,9-11,17H2,1H3,(H,18,20). The summed E-state index contributed by atoms with van der Waals surface area (Å²) in [6, 6.07) is 9.32. The maximum absolute atomic E-state index is 12.4. The summed E-state index contributed by atoms with van der Waals surface area (Å²) >= 11 is 0. The molecule has 0 bridgehead atoms. The fourth-order valence-corrected chi connectivity index (χ4v) is 2.88. The molecule has 4 heteroatoms. The second-order valence-corrected chi connectivity index (χ2v) is 5.86. The van der Waals surface area contributed by atoms with E-state index in [4.69, 9.17) is 5.73 Å². The third kappa shape index (κ3) is 3.19. The van der Waals surface area contributed by atoms with E-state index in [0.717, 1.165) is 31.2 Å². The molecule has 1 fully saturated rings. The Kier molecular flexibility index (Phi) is 4.78. The van der Waals surface area contributed by atoms with Crippen LogP contribution >= 0.6 is 0 Å². The van der Waals surface area contributed by atoms with Crippen molar-refractivity contribution in [1.82, 2.24) is 5.32 Å². The van der Waals surface area contributed by atoms with Gasteiger partial charge in [0.25, 0.3) is 0 Å². The molecule has 110 valence electrons. The quantitative estimate of drug-likeness (QED) is 0.767. The van der Waals surface area contributed by atoms with E-state index in [1.54, 1.807) is 0 Å². The molecular formula is C16H24N2O2. The van der Waals surface area contributed by atoms with Gasteiger partial charge in [-0.3, -0.25) is 4.79 Å². The van der Waals surface area contributed by atoms with Gasteiger partial charge in [0.15, 0.2) is 0 Å². The maximum atomic E-state index is 12.4. The van der Waals surface area contributed by atoms with Gasteiger partial charge in [-0.1, -0.05) is 50.1 Å². The third-order valence-electron chi connectivity index (χ3n) is 4.39. The van der Waals surface area contributed by atoms with Crippen molar-refractivity contribution in [3.8, 4) is 0 Å². The van der Waals surface area contributed by atoms with Gasteiger partial charge in [-0.25, -0.2) is 0 Å². The van der Waals surface area contributed by atoms with Gasteiger partial charge in [0.2, 0.25) is 5.91 Å². The first-order valence-corrected chi connectivity index (χ1v) is 7.31. The summed E-state index contributed by atoms with van der Waals surface area (Å²) in [6.45, 7) is 1.85. The molecular weight excluding hydrogens is 252 g/mol. The average molecular weight is 276 g/mol. The minimum atomic E-state index is -0.429. The Morgan fingerprint density at radius 2 is 1.95 bits per heavy atom. The number of benzene rings is 1. The number of aliphatic hydroxyl groups excluding tert-OH is 1. The monoisotopic (exact) mass is 276 g/mol. The van der Waals surface area contributed by atoms with Crippen molar-refractivity contribution < 1.29 is 9.90 Å².